The number of nitrogens with zero attached hydrogens (tertiary/aromatic N) is 2. The van der Waals surface area contributed by atoms with Crippen LogP contribution in [0, 0.1) is 0 Å². The molecule has 0 aliphatic heterocycles. The molecule has 0 unspecified atom stereocenters. The van der Waals surface area contributed by atoms with E-state index in [4.69, 9.17) is 0 Å². The number of pyridine rings is 2. The van der Waals surface area contributed by atoms with Gasteiger partial charge in [-0.25, -0.2) is 0 Å². The predicted molar refractivity (Wildman–Crippen MR) is 61.3 cm³/mol. The molecule has 0 spiro atoms. The summed E-state index contributed by atoms with van der Waals surface area (Å²) in [7, 11) is 0. The number of nitrogens with one attached hydrogen (secondary N) is 1. The van der Waals surface area contributed by atoms with Gasteiger partial charge in [0.25, 0.3) is 5.91 Å². The summed E-state index contributed by atoms with van der Waals surface area (Å²) in [6, 6.07) is 5.01. The zero-order chi connectivity index (χ0) is 12.1. The van der Waals surface area contributed by atoms with Crippen LogP contribution in [0.2, 0.25) is 0 Å². The van der Waals surface area contributed by atoms with Crippen LogP contribution in [0.3, 0.4) is 0 Å². The first-order valence-corrected chi connectivity index (χ1v) is 5.07. The topological polar surface area (TPSA) is 75.1 Å². The highest BCUT2D eigenvalue weighted by molar-refractivity contribution is 5.94. The van der Waals surface area contributed by atoms with Crippen molar-refractivity contribution in [2.24, 2.45) is 0 Å². The highest BCUT2D eigenvalue weighted by Crippen LogP contribution is 2.08. The molecule has 1 amide bonds. The van der Waals surface area contributed by atoms with Crippen LogP contribution in [0.5, 0.6) is 5.75 Å². The van der Waals surface area contributed by atoms with Crippen molar-refractivity contribution in [2.45, 2.75) is 6.54 Å². The van der Waals surface area contributed by atoms with Gasteiger partial charge in [0.05, 0.1) is 11.8 Å². The fraction of sp³-hybridized carbons (Fsp3) is 0.0833. The summed E-state index contributed by atoms with van der Waals surface area (Å²) in [4.78, 5) is 19.3. The van der Waals surface area contributed by atoms with E-state index in [-0.39, 0.29) is 11.7 Å². The monoisotopic (exact) mass is 229 g/mol. The second-order valence-corrected chi connectivity index (χ2v) is 3.47. The number of carbonyl (C=O) groups is 1. The molecule has 0 saturated carbocycles. The van der Waals surface area contributed by atoms with Gasteiger partial charge in [-0.2, -0.15) is 0 Å². The fourth-order valence-electron chi connectivity index (χ4n) is 1.34. The van der Waals surface area contributed by atoms with E-state index in [0.717, 1.165) is 5.56 Å². The maximum absolute atomic E-state index is 11.7. The van der Waals surface area contributed by atoms with Crippen LogP contribution in [0.1, 0.15) is 15.9 Å². The van der Waals surface area contributed by atoms with E-state index in [0.29, 0.717) is 12.1 Å². The molecule has 17 heavy (non-hydrogen) atoms. The van der Waals surface area contributed by atoms with E-state index in [1.165, 1.54) is 18.5 Å². The van der Waals surface area contributed by atoms with Crippen LogP contribution in [0.4, 0.5) is 0 Å². The van der Waals surface area contributed by atoms with Crippen molar-refractivity contribution in [3.05, 3.63) is 54.1 Å². The minimum atomic E-state index is -0.273. The molecule has 2 aromatic heterocycles. The van der Waals surface area contributed by atoms with Gasteiger partial charge in [-0.3, -0.25) is 14.8 Å². The number of aromatic hydroxyl groups is 1. The first kappa shape index (κ1) is 11.1. The Balaban J connectivity index is 1.98. The minimum Gasteiger partial charge on any atom is -0.506 e. The molecule has 0 fully saturated rings. The predicted octanol–water partition coefficient (Wildman–Crippen LogP) is 1.11. The number of aromatic nitrogens is 2. The van der Waals surface area contributed by atoms with Crippen molar-refractivity contribution < 1.29 is 9.90 Å². The smallest absolute Gasteiger partial charge is 0.253 e. The average molecular weight is 229 g/mol. The molecule has 5 heteroatoms. The van der Waals surface area contributed by atoms with Crippen LogP contribution < -0.4 is 5.32 Å². The number of carbonyl (C=O) groups excluding carboxylic acids is 1. The Morgan fingerprint density at radius 1 is 1.24 bits per heavy atom. The summed E-state index contributed by atoms with van der Waals surface area (Å²) < 4.78 is 0. The largest absolute Gasteiger partial charge is 0.506 e. The summed E-state index contributed by atoms with van der Waals surface area (Å²) in [5.74, 6) is -0.299. The van der Waals surface area contributed by atoms with Gasteiger partial charge in [0.1, 0.15) is 5.75 Å². The third-order valence-electron chi connectivity index (χ3n) is 2.19. The van der Waals surface area contributed by atoms with Gasteiger partial charge in [-0.05, 0) is 23.8 Å². The SMILES string of the molecule is O=C(NCc1ccncc1)c1cncc(O)c1. The lowest BCUT2D eigenvalue weighted by atomic mass is 10.2. The Hall–Kier alpha value is -2.43. The van der Waals surface area contributed by atoms with Crippen molar-refractivity contribution in [1.29, 1.82) is 0 Å². The Kier molecular flexibility index (Phi) is 3.30. The molecule has 0 saturated heterocycles. The number of rotatable bonds is 3. The Morgan fingerprint density at radius 3 is 2.71 bits per heavy atom. The van der Waals surface area contributed by atoms with Crippen molar-refractivity contribution in [2.75, 3.05) is 0 Å². The van der Waals surface area contributed by atoms with Crippen molar-refractivity contribution >= 4 is 5.91 Å². The molecule has 2 aromatic rings. The molecule has 0 radical (unpaired) electrons. The van der Waals surface area contributed by atoms with E-state index >= 15 is 0 Å². The van der Waals surface area contributed by atoms with Gasteiger partial charge in [0, 0.05) is 25.1 Å². The lowest BCUT2D eigenvalue weighted by Crippen LogP contribution is -2.22. The molecule has 2 N–H and O–H groups in total. The Labute approximate surface area is 98.2 Å². The molecule has 2 heterocycles. The Bertz CT molecular complexity index is 514. The quantitative estimate of drug-likeness (QED) is 0.826. The van der Waals surface area contributed by atoms with Gasteiger partial charge in [0.2, 0.25) is 0 Å². The van der Waals surface area contributed by atoms with Crippen molar-refractivity contribution in [3.63, 3.8) is 0 Å². The van der Waals surface area contributed by atoms with Crippen LogP contribution in [-0.2, 0) is 6.54 Å². The number of amides is 1. The Morgan fingerprint density at radius 2 is 2.00 bits per heavy atom. The molecular formula is C12H11N3O2. The van der Waals surface area contributed by atoms with Gasteiger partial charge in [-0.15, -0.1) is 0 Å². The van der Waals surface area contributed by atoms with E-state index in [9.17, 15) is 9.90 Å². The molecule has 0 bridgehead atoms. The van der Waals surface area contributed by atoms with Crippen molar-refractivity contribution in [1.82, 2.24) is 15.3 Å². The van der Waals surface area contributed by atoms with E-state index in [1.807, 2.05) is 12.1 Å². The normalized spacial score (nSPS) is 9.88. The maximum atomic E-state index is 11.7. The summed E-state index contributed by atoms with van der Waals surface area (Å²) in [5.41, 5.74) is 1.29. The summed E-state index contributed by atoms with van der Waals surface area (Å²) >= 11 is 0. The molecule has 0 atom stereocenters. The van der Waals surface area contributed by atoms with Crippen LogP contribution in [0.25, 0.3) is 0 Å². The van der Waals surface area contributed by atoms with Crippen molar-refractivity contribution in [3.8, 4) is 5.75 Å². The number of hydrogen-bond donors (Lipinski definition) is 2. The lowest BCUT2D eigenvalue weighted by molar-refractivity contribution is 0.0950. The maximum Gasteiger partial charge on any atom is 0.253 e. The average Bonchev–Trinajstić information content (AvgIpc) is 2.37. The third kappa shape index (κ3) is 3.01. The van der Waals surface area contributed by atoms with E-state index in [2.05, 4.69) is 15.3 Å². The lowest BCUT2D eigenvalue weighted by Gasteiger charge is -2.04. The van der Waals surface area contributed by atoms with Crippen LogP contribution >= 0.6 is 0 Å². The second-order valence-electron chi connectivity index (χ2n) is 3.47. The van der Waals surface area contributed by atoms with Crippen LogP contribution in [-0.4, -0.2) is 21.0 Å². The molecule has 2 rings (SSSR count). The number of hydrogen-bond acceptors (Lipinski definition) is 4. The first-order chi connectivity index (χ1) is 8.25. The highest BCUT2D eigenvalue weighted by atomic mass is 16.3. The first-order valence-electron chi connectivity index (χ1n) is 5.07. The molecule has 0 aromatic carbocycles. The highest BCUT2D eigenvalue weighted by Gasteiger charge is 2.06. The van der Waals surface area contributed by atoms with Gasteiger partial charge >= 0.3 is 0 Å². The molecular weight excluding hydrogens is 218 g/mol. The second kappa shape index (κ2) is 5.07. The zero-order valence-corrected chi connectivity index (χ0v) is 9.00. The zero-order valence-electron chi connectivity index (χ0n) is 9.00. The summed E-state index contributed by atoms with van der Waals surface area (Å²) in [6.45, 7) is 0.414. The molecule has 86 valence electrons. The standard InChI is InChI=1S/C12H11N3O2/c16-11-5-10(7-14-8-11)12(17)15-6-9-1-3-13-4-2-9/h1-5,7-8,16H,6H2,(H,15,17). The van der Waals surface area contributed by atoms with E-state index < -0.39 is 0 Å². The third-order valence-corrected chi connectivity index (χ3v) is 2.19. The fourth-order valence-corrected chi connectivity index (χ4v) is 1.34. The van der Waals surface area contributed by atoms with E-state index in [1.54, 1.807) is 12.4 Å². The molecule has 5 nitrogen and oxygen atoms in total. The van der Waals surface area contributed by atoms with Gasteiger partial charge < -0.3 is 10.4 Å². The van der Waals surface area contributed by atoms with Gasteiger partial charge in [0.15, 0.2) is 0 Å². The minimum absolute atomic E-state index is 0.0263. The van der Waals surface area contributed by atoms with Crippen LogP contribution in [0.15, 0.2) is 43.0 Å². The summed E-state index contributed by atoms with van der Waals surface area (Å²) in [6.07, 6.45) is 6.01. The van der Waals surface area contributed by atoms with Gasteiger partial charge in [-0.1, -0.05) is 0 Å². The summed E-state index contributed by atoms with van der Waals surface area (Å²) in [5, 5.41) is 11.9. The molecule has 0 aliphatic rings. The molecule has 0 aliphatic carbocycles.